The van der Waals surface area contributed by atoms with Crippen LogP contribution in [-0.2, 0) is 89.6 Å². The number of H-pyrrole nitrogens is 2. The summed E-state index contributed by atoms with van der Waals surface area (Å²) in [5.74, 6) is -22.8. The molecule has 0 aliphatic rings. The first-order valence-corrected chi connectivity index (χ1v) is 30.8. The molecule has 0 aliphatic carbocycles. The molecule has 0 radical (unpaired) electrons. The Morgan fingerprint density at radius 3 is 1.14 bits per heavy atom. The van der Waals surface area contributed by atoms with E-state index in [9.17, 15) is 112 Å². The topological polar surface area (TPSA) is 619 Å². The van der Waals surface area contributed by atoms with Crippen molar-refractivity contribution in [2.24, 2.45) is 11.5 Å². The molecular formula is C58H76N14O23S2. The number of hydrogen-bond donors (Lipinski definition) is 23. The Bertz CT molecular complexity index is 3580. The van der Waals surface area contributed by atoms with Crippen LogP contribution in [0.2, 0.25) is 0 Å². The van der Waals surface area contributed by atoms with Gasteiger partial charge in [-0.05, 0) is 49.9 Å². The Hall–Kier alpha value is -10.4. The summed E-state index contributed by atoms with van der Waals surface area (Å²) in [6.45, 7) is 2.01. The van der Waals surface area contributed by atoms with Gasteiger partial charge >= 0.3 is 29.8 Å². The fraction of sp³-hybridized carbons (Fsp3) is 0.448. The number of amides is 11. The molecular weight excluding hydrogens is 1320 g/mol. The zero-order valence-corrected chi connectivity index (χ0v) is 53.6. The average molecular weight is 1400 g/mol. The van der Waals surface area contributed by atoms with E-state index in [4.69, 9.17) is 11.5 Å². The van der Waals surface area contributed by atoms with E-state index in [-0.39, 0.29) is 6.42 Å². The van der Waals surface area contributed by atoms with E-state index >= 15 is 0 Å². The van der Waals surface area contributed by atoms with Crippen LogP contribution in [0.4, 0.5) is 0 Å². The molecule has 4 aromatic rings. The maximum atomic E-state index is 14.0. The smallest absolute Gasteiger partial charge is 0.326 e. The number of aromatic amines is 2. The van der Waals surface area contributed by atoms with Crippen molar-refractivity contribution in [3.63, 3.8) is 0 Å². The number of carbonyl (C=O) groups is 16. The van der Waals surface area contributed by atoms with Gasteiger partial charge in [0.05, 0.1) is 37.5 Å². The van der Waals surface area contributed by atoms with Gasteiger partial charge in [0.25, 0.3) is 0 Å². The molecule has 37 nitrogen and oxygen atoms in total. The molecule has 2 aromatic carbocycles. The van der Waals surface area contributed by atoms with Gasteiger partial charge in [-0.2, -0.15) is 25.3 Å². The Labute approximate surface area is 560 Å². The van der Waals surface area contributed by atoms with Crippen LogP contribution in [-0.4, -0.2) is 231 Å². The van der Waals surface area contributed by atoms with Gasteiger partial charge in [-0.1, -0.05) is 36.4 Å². The number of hydrogen-bond acceptors (Lipinski definition) is 21. The number of thiol groups is 2. The molecule has 13 atom stereocenters. The van der Waals surface area contributed by atoms with Crippen molar-refractivity contribution in [3.05, 3.63) is 72.1 Å². The minimum Gasteiger partial charge on any atom is -0.481 e. The number of benzene rings is 2. The number of nitrogens with one attached hydrogen (secondary N) is 12. The van der Waals surface area contributed by atoms with Crippen molar-refractivity contribution in [2.45, 2.75) is 150 Å². The predicted octanol–water partition coefficient (Wildman–Crippen LogP) is -6.13. The fourth-order valence-electron chi connectivity index (χ4n) is 9.47. The highest BCUT2D eigenvalue weighted by Gasteiger charge is 2.39. The lowest BCUT2D eigenvalue weighted by Crippen LogP contribution is -2.63. The van der Waals surface area contributed by atoms with Gasteiger partial charge in [0.2, 0.25) is 65.0 Å². The minimum atomic E-state index is -2.05. The number of aliphatic hydroxyl groups is 2. The van der Waals surface area contributed by atoms with Gasteiger partial charge in [-0.15, -0.1) is 0 Å². The second-order valence-corrected chi connectivity index (χ2v) is 22.8. The summed E-state index contributed by atoms with van der Waals surface area (Å²) in [6, 6.07) is -7.01. The van der Waals surface area contributed by atoms with E-state index in [1.165, 1.54) is 12.4 Å². The van der Waals surface area contributed by atoms with Gasteiger partial charge in [-0.25, -0.2) is 4.79 Å². The summed E-state index contributed by atoms with van der Waals surface area (Å²) in [6.07, 6.45) is -7.31. The number of carboxylic acids is 5. The first kappa shape index (κ1) is 79.1. The summed E-state index contributed by atoms with van der Waals surface area (Å²) >= 11 is 8.17. The zero-order chi connectivity index (χ0) is 72.5. The van der Waals surface area contributed by atoms with Crippen LogP contribution < -0.4 is 64.6 Å². The predicted molar refractivity (Wildman–Crippen MR) is 342 cm³/mol. The first-order chi connectivity index (χ1) is 45.6. The van der Waals surface area contributed by atoms with Crippen molar-refractivity contribution in [3.8, 4) is 0 Å². The summed E-state index contributed by atoms with van der Waals surface area (Å²) in [4.78, 5) is 215. The van der Waals surface area contributed by atoms with Crippen LogP contribution in [0.15, 0.2) is 60.9 Å². The maximum absolute atomic E-state index is 14.0. The summed E-state index contributed by atoms with van der Waals surface area (Å²) in [5, 5.41) is 92.1. The lowest BCUT2D eigenvalue weighted by molar-refractivity contribution is -0.147. The quantitative estimate of drug-likeness (QED) is 0.0184. The highest BCUT2D eigenvalue weighted by atomic mass is 32.1. The third kappa shape index (κ3) is 24.7. The highest BCUT2D eigenvalue weighted by Crippen LogP contribution is 2.22. The van der Waals surface area contributed by atoms with E-state index in [1.807, 2.05) is 5.32 Å². The van der Waals surface area contributed by atoms with Crippen molar-refractivity contribution >= 4 is 142 Å². The van der Waals surface area contributed by atoms with Gasteiger partial charge in [0, 0.05) is 71.4 Å². The Kier molecular flexibility index (Phi) is 30.7. The summed E-state index contributed by atoms with van der Waals surface area (Å²) in [5.41, 5.74) is 13.2. The van der Waals surface area contributed by atoms with Crippen LogP contribution in [0.3, 0.4) is 0 Å². The number of fused-ring (bicyclic) bond motifs is 2. The molecule has 23 N–H and O–H groups in total. The number of aliphatic carboxylic acids is 5. The first-order valence-electron chi connectivity index (χ1n) is 29.5. The van der Waals surface area contributed by atoms with Gasteiger partial charge in [-0.3, -0.25) is 71.9 Å². The molecule has 528 valence electrons. The molecule has 2 aromatic heterocycles. The largest absolute Gasteiger partial charge is 0.481 e. The number of rotatable bonds is 41. The molecule has 4 rings (SSSR count). The number of carbonyl (C=O) groups excluding carboxylic acids is 11. The SMILES string of the molecule is C[C@@H](O)[C@H](NC(=O)[C@H](CS)NC(=O)[C@H](CC(N)=O)NC(=O)[C@H](CS)NC(=O)[C@@H](NC(=O)[C@H](CCC(=O)O)NC(=O)[C@H](Cc1c[nH]c2ccccc12)NC(=O)[C@@H](N)CC(=O)O)[C@@H](C)O)C(=O)N[C@@H](CCC(=O)O)C(=O)N[C@@H](Cc1c[nH]c2ccccc12)C(=O)N[C@@H](CC(=O)O)C(=O)O. The third-order valence-corrected chi connectivity index (χ3v) is 15.3. The van der Waals surface area contributed by atoms with Crippen molar-refractivity contribution in [2.75, 3.05) is 11.5 Å². The van der Waals surface area contributed by atoms with Gasteiger partial charge in [0.15, 0.2) is 0 Å². The lowest BCUT2D eigenvalue weighted by atomic mass is 10.0. The second kappa shape index (κ2) is 37.6. The van der Waals surface area contributed by atoms with Crippen LogP contribution in [0.1, 0.15) is 69.9 Å². The van der Waals surface area contributed by atoms with Crippen molar-refractivity contribution < 1.29 is 112 Å². The lowest BCUT2D eigenvalue weighted by Gasteiger charge is -2.28. The Morgan fingerprint density at radius 2 is 0.742 bits per heavy atom. The van der Waals surface area contributed by atoms with E-state index in [2.05, 4.69) is 83.1 Å². The third-order valence-electron chi connectivity index (χ3n) is 14.5. The molecule has 2 heterocycles. The molecule has 0 spiro atoms. The second-order valence-electron chi connectivity index (χ2n) is 22.1. The average Bonchev–Trinajstić information content (AvgIpc) is 1.74. The van der Waals surface area contributed by atoms with Crippen LogP contribution >= 0.6 is 25.3 Å². The van der Waals surface area contributed by atoms with Crippen LogP contribution in [0, 0.1) is 0 Å². The van der Waals surface area contributed by atoms with Gasteiger partial charge < -0.3 is 110 Å². The highest BCUT2D eigenvalue weighted by molar-refractivity contribution is 7.80. The number of aliphatic hydroxyl groups excluding tert-OH is 2. The minimum absolute atomic E-state index is 0.295. The van der Waals surface area contributed by atoms with Crippen LogP contribution in [0.5, 0.6) is 0 Å². The van der Waals surface area contributed by atoms with E-state index in [0.29, 0.717) is 32.9 Å². The maximum Gasteiger partial charge on any atom is 0.326 e. The molecule has 0 unspecified atom stereocenters. The number of nitrogens with two attached hydrogens (primary N) is 2. The van der Waals surface area contributed by atoms with E-state index < -0.39 is 236 Å². The molecule has 0 fully saturated rings. The standard InChI is InChI=1S/C58H76N14O23S2/c1-24(73)46(56(92)64-33(11-13-42(76)77)49(85)66-36(52(88)68-38(58(94)95)19-45(82)83)16-27-21-62-32-10-6-4-8-29(27)32)72-55(91)40(23-97)69-53(89)37(18-41(60)75)67-54(90)39(22-96)70-57(93)47(25(2)74)71-50(86)34(12-14-43(78)79)63-51(87)35(65-48(84)30(59)17-44(80)81)15-26-20-61-31-9-5-3-7-28(26)31/h3-10,20-21,24-25,30,33-40,46-47,61-62,73-74,96-97H,11-19,22-23,59H2,1-2H3,(H2,60,75)(H,63,87)(H,64,92)(H,65,84)(H,66,85)(H,67,90)(H,68,88)(H,69,89)(H,70,93)(H,71,86)(H,72,91)(H,76,77)(H,78,79)(H,80,81)(H,82,83)(H,94,95)/t24-,25-,30+,33+,34+,35+,36+,37+,38+,39+,40+,46+,47+/m1/s1. The normalized spacial score (nSPS) is 15.2. The number of carboxylic acid groups (broad SMARTS) is 5. The Morgan fingerprint density at radius 1 is 0.412 bits per heavy atom. The monoisotopic (exact) mass is 1400 g/mol. The zero-order valence-electron chi connectivity index (χ0n) is 51.8. The molecule has 39 heteroatoms. The summed E-state index contributed by atoms with van der Waals surface area (Å²) < 4.78 is 0. The fourth-order valence-corrected chi connectivity index (χ4v) is 9.98. The molecule has 0 saturated carbocycles. The van der Waals surface area contributed by atoms with Gasteiger partial charge in [0.1, 0.15) is 60.4 Å². The Balaban J connectivity index is 1.50. The van der Waals surface area contributed by atoms with Crippen molar-refractivity contribution in [1.82, 2.24) is 63.1 Å². The van der Waals surface area contributed by atoms with E-state index in [1.54, 1.807) is 48.5 Å². The summed E-state index contributed by atoms with van der Waals surface area (Å²) in [7, 11) is 0. The van der Waals surface area contributed by atoms with Crippen LogP contribution in [0.25, 0.3) is 21.8 Å². The molecule has 97 heavy (non-hydrogen) atoms. The van der Waals surface area contributed by atoms with Crippen molar-refractivity contribution in [1.29, 1.82) is 0 Å². The molecule has 0 aliphatic heterocycles. The molecule has 11 amide bonds. The van der Waals surface area contributed by atoms with E-state index in [0.717, 1.165) is 13.8 Å². The number of aromatic nitrogens is 2. The number of primary amides is 1. The molecule has 0 bridgehead atoms. The molecule has 0 saturated heterocycles. The number of para-hydroxylation sites is 2.